The van der Waals surface area contributed by atoms with Gasteiger partial charge < -0.3 is 0 Å². The molecule has 0 unspecified atom stereocenters. The lowest BCUT2D eigenvalue weighted by atomic mass is 10.1. The van der Waals surface area contributed by atoms with E-state index in [1.165, 1.54) is 12.1 Å². The summed E-state index contributed by atoms with van der Waals surface area (Å²) in [6.45, 7) is 0. The minimum Gasteiger partial charge on any atom is -0.293 e. The van der Waals surface area contributed by atoms with Crippen LogP contribution in [0.4, 0.5) is 4.39 Å². The first-order valence-electron chi connectivity index (χ1n) is 3.30. The van der Waals surface area contributed by atoms with E-state index in [2.05, 4.69) is 31.9 Å². The number of carbonyl (C=O) groups excluding carboxylic acids is 1. The van der Waals surface area contributed by atoms with Crippen molar-refractivity contribution in [2.24, 2.45) is 0 Å². The largest absolute Gasteiger partial charge is 0.293 e. The number of Topliss-reactive ketones (excluding diaryl/α,β-unsaturated/α-hetero) is 1. The Balaban J connectivity index is 3.33. The molecule has 1 aromatic rings. The Morgan fingerprint density at radius 1 is 1.54 bits per heavy atom. The second-order valence-electron chi connectivity index (χ2n) is 2.27. The summed E-state index contributed by atoms with van der Waals surface area (Å²) in [6, 6.07) is 2.87. The van der Waals surface area contributed by atoms with E-state index in [1.54, 1.807) is 0 Å². The number of rotatable bonds is 2. The number of hydrogen-bond acceptors (Lipinski definition) is 1. The highest BCUT2D eigenvalue weighted by molar-refractivity contribution is 14.1. The maximum absolute atomic E-state index is 13.1. The minimum atomic E-state index is -0.367. The normalized spacial score (nSPS) is 10.2. The summed E-state index contributed by atoms with van der Waals surface area (Å²) in [5.74, 6) is -0.496. The fourth-order valence-electron chi connectivity index (χ4n) is 0.849. The summed E-state index contributed by atoms with van der Waals surface area (Å²) < 4.78 is 14.0. The van der Waals surface area contributed by atoms with Crippen LogP contribution >= 0.6 is 54.5 Å². The van der Waals surface area contributed by atoms with Crippen LogP contribution < -0.4 is 0 Å². The van der Waals surface area contributed by atoms with Gasteiger partial charge in [-0.3, -0.25) is 4.79 Å². The standard InChI is InChI=1S/C8H4Br2FIO/c9-3-6(13)7-4(10)1-2-5(11)8(7)12/h1-2H,3H2. The molecule has 0 spiro atoms. The molecule has 1 nitrogen and oxygen atoms in total. The topological polar surface area (TPSA) is 17.1 Å². The first kappa shape index (κ1) is 11.6. The molecule has 13 heavy (non-hydrogen) atoms. The van der Waals surface area contributed by atoms with E-state index in [-0.39, 0.29) is 16.9 Å². The van der Waals surface area contributed by atoms with Gasteiger partial charge in [-0.25, -0.2) is 4.39 Å². The van der Waals surface area contributed by atoms with Gasteiger partial charge in [-0.15, -0.1) is 0 Å². The number of benzene rings is 1. The van der Waals surface area contributed by atoms with Crippen molar-refractivity contribution in [1.82, 2.24) is 0 Å². The number of carbonyl (C=O) groups is 1. The van der Waals surface area contributed by atoms with Crippen LogP contribution in [0.1, 0.15) is 10.4 Å². The predicted octanol–water partition coefficient (Wildman–Crippen LogP) is 3.77. The van der Waals surface area contributed by atoms with Gasteiger partial charge in [0.1, 0.15) is 5.82 Å². The highest BCUT2D eigenvalue weighted by Gasteiger charge is 2.15. The van der Waals surface area contributed by atoms with Gasteiger partial charge in [0.2, 0.25) is 0 Å². The van der Waals surface area contributed by atoms with Crippen molar-refractivity contribution in [3.8, 4) is 0 Å². The molecule has 0 heterocycles. The van der Waals surface area contributed by atoms with E-state index in [1.807, 2.05) is 22.6 Å². The van der Waals surface area contributed by atoms with Crippen LogP contribution in [0.3, 0.4) is 0 Å². The number of hydrogen-bond donors (Lipinski definition) is 0. The van der Waals surface area contributed by atoms with Crippen molar-refractivity contribution in [3.05, 3.63) is 31.6 Å². The molecule has 0 radical (unpaired) electrons. The number of alkyl halides is 1. The Hall–Kier alpha value is 0.510. The quantitative estimate of drug-likeness (QED) is 0.307. The Bertz CT molecular complexity index is 354. The Morgan fingerprint density at radius 2 is 2.15 bits per heavy atom. The first-order valence-corrected chi connectivity index (χ1v) is 6.30. The number of ketones is 1. The monoisotopic (exact) mass is 420 g/mol. The van der Waals surface area contributed by atoms with E-state index in [0.717, 1.165) is 0 Å². The molecule has 0 aliphatic carbocycles. The molecule has 1 rings (SSSR count). The molecule has 0 saturated heterocycles. The van der Waals surface area contributed by atoms with Gasteiger partial charge in [-0.2, -0.15) is 0 Å². The third-order valence-corrected chi connectivity index (χ3v) is 3.67. The van der Waals surface area contributed by atoms with Gasteiger partial charge in [0.25, 0.3) is 0 Å². The molecule has 0 atom stereocenters. The Morgan fingerprint density at radius 3 is 2.69 bits per heavy atom. The van der Waals surface area contributed by atoms with Crippen LogP contribution in [-0.4, -0.2) is 11.1 Å². The molecule has 1 aromatic carbocycles. The number of halogens is 4. The maximum Gasteiger partial charge on any atom is 0.175 e. The summed E-state index contributed by atoms with van der Waals surface area (Å²) in [5, 5.41) is 0.199. The van der Waals surface area contributed by atoms with Gasteiger partial charge in [0.05, 0.1) is 8.90 Å². The molecule has 0 fully saturated rings. The van der Waals surface area contributed by atoms with Gasteiger partial charge >= 0.3 is 0 Å². The van der Waals surface area contributed by atoms with Crippen LogP contribution in [0.5, 0.6) is 0 Å². The SMILES string of the molecule is O=C(CBr)c1c(Br)ccc(F)c1I. The van der Waals surface area contributed by atoms with Gasteiger partial charge in [-0.05, 0) is 34.7 Å². The van der Waals surface area contributed by atoms with Crippen molar-refractivity contribution in [1.29, 1.82) is 0 Å². The van der Waals surface area contributed by atoms with E-state index in [9.17, 15) is 9.18 Å². The molecule has 0 aliphatic rings. The third kappa shape index (κ3) is 2.50. The lowest BCUT2D eigenvalue weighted by Gasteiger charge is -2.04. The van der Waals surface area contributed by atoms with Crippen LogP contribution in [0.2, 0.25) is 0 Å². The summed E-state index contributed by atoms with van der Waals surface area (Å²) in [5.41, 5.74) is 0.400. The van der Waals surface area contributed by atoms with Crippen molar-refractivity contribution in [2.75, 3.05) is 5.33 Å². The van der Waals surface area contributed by atoms with Gasteiger partial charge in [-0.1, -0.05) is 31.9 Å². The molecular formula is C8H4Br2FIO. The fraction of sp³-hybridized carbons (Fsp3) is 0.125. The highest BCUT2D eigenvalue weighted by Crippen LogP contribution is 2.25. The van der Waals surface area contributed by atoms with E-state index < -0.39 is 0 Å². The van der Waals surface area contributed by atoms with Crippen LogP contribution in [-0.2, 0) is 0 Å². The maximum atomic E-state index is 13.1. The molecule has 70 valence electrons. The highest BCUT2D eigenvalue weighted by atomic mass is 127. The lowest BCUT2D eigenvalue weighted by molar-refractivity contribution is 0.102. The Labute approximate surface area is 105 Å². The average Bonchev–Trinajstić information content (AvgIpc) is 2.12. The molecule has 0 N–H and O–H groups in total. The van der Waals surface area contributed by atoms with Crippen molar-refractivity contribution >= 4 is 60.2 Å². The zero-order chi connectivity index (χ0) is 10.0. The molecule has 0 aliphatic heterocycles. The summed E-state index contributed by atoms with van der Waals surface area (Å²) in [7, 11) is 0. The van der Waals surface area contributed by atoms with E-state index >= 15 is 0 Å². The average molecular weight is 422 g/mol. The van der Waals surface area contributed by atoms with E-state index in [4.69, 9.17) is 0 Å². The third-order valence-electron chi connectivity index (χ3n) is 1.44. The van der Waals surface area contributed by atoms with Crippen molar-refractivity contribution < 1.29 is 9.18 Å². The smallest absolute Gasteiger partial charge is 0.175 e. The van der Waals surface area contributed by atoms with Gasteiger partial charge in [0, 0.05) is 10.0 Å². The second-order valence-corrected chi connectivity index (χ2v) is 4.77. The first-order chi connectivity index (χ1) is 6.07. The molecular weight excluding hydrogens is 418 g/mol. The van der Waals surface area contributed by atoms with Crippen LogP contribution in [0.15, 0.2) is 16.6 Å². The molecule has 0 saturated carbocycles. The van der Waals surface area contributed by atoms with Crippen molar-refractivity contribution in [3.63, 3.8) is 0 Å². The fourth-order valence-corrected chi connectivity index (χ4v) is 2.82. The van der Waals surface area contributed by atoms with Crippen LogP contribution in [0.25, 0.3) is 0 Å². The summed E-state index contributed by atoms with van der Waals surface area (Å²) in [4.78, 5) is 11.4. The molecule has 0 aromatic heterocycles. The van der Waals surface area contributed by atoms with E-state index in [0.29, 0.717) is 13.6 Å². The molecule has 5 heteroatoms. The second kappa shape index (κ2) is 4.84. The Kier molecular flexibility index (Phi) is 4.31. The van der Waals surface area contributed by atoms with Crippen molar-refractivity contribution in [2.45, 2.75) is 0 Å². The summed E-state index contributed by atoms with van der Waals surface area (Å²) >= 11 is 8.08. The predicted molar refractivity (Wildman–Crippen MR) is 64.9 cm³/mol. The molecule has 0 bridgehead atoms. The zero-order valence-corrected chi connectivity index (χ0v) is 11.6. The lowest BCUT2D eigenvalue weighted by Crippen LogP contribution is -2.05. The minimum absolute atomic E-state index is 0.129. The van der Waals surface area contributed by atoms with Gasteiger partial charge in [0.15, 0.2) is 5.78 Å². The summed E-state index contributed by atoms with van der Waals surface area (Å²) in [6.07, 6.45) is 0. The van der Waals surface area contributed by atoms with Crippen LogP contribution in [0, 0.1) is 9.39 Å². The molecule has 0 amide bonds. The zero-order valence-electron chi connectivity index (χ0n) is 6.28.